The second-order valence-corrected chi connectivity index (χ2v) is 7.20. The molecule has 1 saturated heterocycles. The van der Waals surface area contributed by atoms with Gasteiger partial charge in [0.2, 0.25) is 5.91 Å². The number of carbonyl (C=O) groups is 1. The second kappa shape index (κ2) is 6.41. The molecule has 0 radical (unpaired) electrons. The molecule has 2 fully saturated rings. The van der Waals surface area contributed by atoms with Crippen LogP contribution in [0.1, 0.15) is 61.8 Å². The molecule has 2 N–H and O–H groups in total. The van der Waals surface area contributed by atoms with Crippen molar-refractivity contribution in [3.8, 4) is 0 Å². The molecule has 22 heavy (non-hydrogen) atoms. The van der Waals surface area contributed by atoms with Gasteiger partial charge in [0.05, 0.1) is 12.1 Å². The fourth-order valence-electron chi connectivity index (χ4n) is 4.22. The zero-order chi connectivity index (χ0) is 15.7. The van der Waals surface area contributed by atoms with Gasteiger partial charge < -0.3 is 10.6 Å². The first-order valence-electron chi connectivity index (χ1n) is 8.68. The summed E-state index contributed by atoms with van der Waals surface area (Å²) in [5.41, 5.74) is 3.73. The SMILES string of the molecule is Cc1ccc(C(C)NC(=O)C2CC3CCCCC3N2)c(C)c1. The number of benzene rings is 1. The summed E-state index contributed by atoms with van der Waals surface area (Å²) in [5.74, 6) is 0.878. The van der Waals surface area contributed by atoms with Gasteiger partial charge in [0.25, 0.3) is 0 Å². The van der Waals surface area contributed by atoms with Crippen LogP contribution in [0.3, 0.4) is 0 Å². The summed E-state index contributed by atoms with van der Waals surface area (Å²) >= 11 is 0. The van der Waals surface area contributed by atoms with Gasteiger partial charge >= 0.3 is 0 Å². The largest absolute Gasteiger partial charge is 0.348 e. The molecule has 0 aromatic heterocycles. The van der Waals surface area contributed by atoms with E-state index in [-0.39, 0.29) is 18.0 Å². The second-order valence-electron chi connectivity index (χ2n) is 7.20. The Labute approximate surface area is 133 Å². The maximum absolute atomic E-state index is 12.6. The minimum absolute atomic E-state index is 0.00121. The van der Waals surface area contributed by atoms with Crippen molar-refractivity contribution in [2.24, 2.45) is 5.92 Å². The van der Waals surface area contributed by atoms with Gasteiger partial charge in [0.15, 0.2) is 0 Å². The van der Waals surface area contributed by atoms with Crippen molar-refractivity contribution >= 4 is 5.91 Å². The monoisotopic (exact) mass is 300 g/mol. The quantitative estimate of drug-likeness (QED) is 0.898. The van der Waals surface area contributed by atoms with Crippen LogP contribution in [0.2, 0.25) is 0 Å². The Morgan fingerprint density at radius 3 is 2.77 bits per heavy atom. The van der Waals surface area contributed by atoms with Crippen molar-refractivity contribution in [2.75, 3.05) is 0 Å². The molecular weight excluding hydrogens is 272 g/mol. The molecule has 1 aromatic rings. The van der Waals surface area contributed by atoms with Crippen LogP contribution in [0, 0.1) is 19.8 Å². The van der Waals surface area contributed by atoms with E-state index in [1.54, 1.807) is 0 Å². The smallest absolute Gasteiger partial charge is 0.237 e. The van der Waals surface area contributed by atoms with Crippen LogP contribution in [-0.4, -0.2) is 18.0 Å². The Morgan fingerprint density at radius 1 is 1.27 bits per heavy atom. The van der Waals surface area contributed by atoms with Gasteiger partial charge in [-0.25, -0.2) is 0 Å². The number of hydrogen-bond acceptors (Lipinski definition) is 2. The number of rotatable bonds is 3. The lowest BCUT2D eigenvalue weighted by molar-refractivity contribution is -0.123. The number of carbonyl (C=O) groups excluding carboxylic acids is 1. The van der Waals surface area contributed by atoms with Gasteiger partial charge in [-0.2, -0.15) is 0 Å². The first-order valence-corrected chi connectivity index (χ1v) is 8.68. The normalized spacial score (nSPS) is 29.0. The first-order chi connectivity index (χ1) is 10.5. The van der Waals surface area contributed by atoms with Gasteiger partial charge in [-0.1, -0.05) is 36.6 Å². The summed E-state index contributed by atoms with van der Waals surface area (Å²) in [6.07, 6.45) is 6.17. The third kappa shape index (κ3) is 3.19. The summed E-state index contributed by atoms with van der Waals surface area (Å²) in [6, 6.07) is 7.07. The molecule has 1 aliphatic heterocycles. The predicted octanol–water partition coefficient (Wildman–Crippen LogP) is 3.40. The Bertz CT molecular complexity index is 540. The molecule has 1 saturated carbocycles. The molecule has 4 unspecified atom stereocenters. The van der Waals surface area contributed by atoms with E-state index in [0.29, 0.717) is 12.0 Å². The molecule has 3 rings (SSSR count). The minimum atomic E-state index is 0.00121. The maximum Gasteiger partial charge on any atom is 0.237 e. The first kappa shape index (κ1) is 15.5. The third-order valence-electron chi connectivity index (χ3n) is 5.43. The highest BCUT2D eigenvalue weighted by atomic mass is 16.2. The van der Waals surface area contributed by atoms with Crippen molar-refractivity contribution in [1.29, 1.82) is 0 Å². The molecule has 0 spiro atoms. The van der Waals surface area contributed by atoms with E-state index in [9.17, 15) is 4.79 Å². The zero-order valence-electron chi connectivity index (χ0n) is 14.0. The van der Waals surface area contributed by atoms with E-state index in [1.807, 2.05) is 0 Å². The predicted molar refractivity (Wildman–Crippen MR) is 89.8 cm³/mol. The standard InChI is InChI=1S/C19H28N2O/c1-12-8-9-16(13(2)10-12)14(3)20-19(22)18-11-15-6-4-5-7-17(15)21-18/h8-10,14-15,17-18,21H,4-7,11H2,1-3H3,(H,20,22). The van der Waals surface area contributed by atoms with Gasteiger partial charge in [0.1, 0.15) is 0 Å². The lowest BCUT2D eigenvalue weighted by Gasteiger charge is -2.24. The molecule has 120 valence electrons. The average molecular weight is 300 g/mol. The van der Waals surface area contributed by atoms with Crippen molar-refractivity contribution in [2.45, 2.75) is 71.0 Å². The Morgan fingerprint density at radius 2 is 2.05 bits per heavy atom. The Kier molecular flexibility index (Phi) is 4.53. The number of amides is 1. The summed E-state index contributed by atoms with van der Waals surface area (Å²) in [5, 5.41) is 6.77. The molecule has 1 aliphatic carbocycles. The van der Waals surface area contributed by atoms with E-state index in [1.165, 1.54) is 42.4 Å². The van der Waals surface area contributed by atoms with E-state index < -0.39 is 0 Å². The number of hydrogen-bond donors (Lipinski definition) is 2. The Hall–Kier alpha value is -1.35. The molecule has 1 amide bonds. The summed E-state index contributed by atoms with van der Waals surface area (Å²) in [4.78, 5) is 12.6. The summed E-state index contributed by atoms with van der Waals surface area (Å²) in [7, 11) is 0. The number of nitrogens with one attached hydrogen (secondary N) is 2. The number of aryl methyl sites for hydroxylation is 2. The van der Waals surface area contributed by atoms with E-state index in [2.05, 4.69) is 49.6 Å². The molecule has 0 bridgehead atoms. The highest BCUT2D eigenvalue weighted by molar-refractivity contribution is 5.82. The maximum atomic E-state index is 12.6. The summed E-state index contributed by atoms with van der Waals surface area (Å²) < 4.78 is 0. The number of fused-ring (bicyclic) bond motifs is 1. The summed E-state index contributed by atoms with van der Waals surface area (Å²) in [6.45, 7) is 6.30. The van der Waals surface area contributed by atoms with Crippen molar-refractivity contribution < 1.29 is 4.79 Å². The van der Waals surface area contributed by atoms with Crippen LogP contribution in [0.5, 0.6) is 0 Å². The molecular formula is C19H28N2O. The van der Waals surface area contributed by atoms with Gasteiger partial charge in [-0.3, -0.25) is 4.79 Å². The van der Waals surface area contributed by atoms with Crippen LogP contribution in [0.4, 0.5) is 0 Å². The van der Waals surface area contributed by atoms with E-state index in [4.69, 9.17) is 0 Å². The fraction of sp³-hybridized carbons (Fsp3) is 0.632. The highest BCUT2D eigenvalue weighted by Gasteiger charge is 2.38. The topological polar surface area (TPSA) is 41.1 Å². The lowest BCUT2D eigenvalue weighted by Crippen LogP contribution is -2.44. The van der Waals surface area contributed by atoms with Gasteiger partial charge in [-0.05, 0) is 57.1 Å². The van der Waals surface area contributed by atoms with Crippen molar-refractivity contribution in [3.05, 3.63) is 34.9 Å². The zero-order valence-corrected chi connectivity index (χ0v) is 14.0. The van der Waals surface area contributed by atoms with Crippen LogP contribution < -0.4 is 10.6 Å². The molecule has 3 heteroatoms. The molecule has 3 nitrogen and oxygen atoms in total. The molecule has 1 heterocycles. The average Bonchev–Trinajstić information content (AvgIpc) is 2.91. The Balaban J connectivity index is 1.61. The van der Waals surface area contributed by atoms with Gasteiger partial charge in [0, 0.05) is 6.04 Å². The molecule has 4 atom stereocenters. The third-order valence-corrected chi connectivity index (χ3v) is 5.43. The van der Waals surface area contributed by atoms with Crippen molar-refractivity contribution in [1.82, 2.24) is 10.6 Å². The lowest BCUT2D eigenvalue weighted by atomic mass is 9.85. The van der Waals surface area contributed by atoms with E-state index >= 15 is 0 Å². The van der Waals surface area contributed by atoms with Crippen LogP contribution in [0.15, 0.2) is 18.2 Å². The van der Waals surface area contributed by atoms with E-state index in [0.717, 1.165) is 6.42 Å². The van der Waals surface area contributed by atoms with Crippen LogP contribution in [0.25, 0.3) is 0 Å². The van der Waals surface area contributed by atoms with Crippen molar-refractivity contribution in [3.63, 3.8) is 0 Å². The van der Waals surface area contributed by atoms with Crippen LogP contribution >= 0.6 is 0 Å². The molecule has 2 aliphatic rings. The van der Waals surface area contributed by atoms with Crippen LogP contribution in [-0.2, 0) is 4.79 Å². The fourth-order valence-corrected chi connectivity index (χ4v) is 4.22. The highest BCUT2D eigenvalue weighted by Crippen LogP contribution is 2.33. The van der Waals surface area contributed by atoms with Gasteiger partial charge in [-0.15, -0.1) is 0 Å². The minimum Gasteiger partial charge on any atom is -0.348 e. The molecule has 1 aromatic carbocycles.